The lowest BCUT2D eigenvalue weighted by Gasteiger charge is -2.11. The average Bonchev–Trinajstić information content (AvgIpc) is 2.47. The normalized spacial score (nSPS) is 10.8. The molecule has 0 saturated carbocycles. The van der Waals surface area contributed by atoms with Crippen molar-refractivity contribution in [3.05, 3.63) is 53.1 Å². The zero-order chi connectivity index (χ0) is 14.8. The second-order valence-electron chi connectivity index (χ2n) is 4.90. The Hall–Kier alpha value is -2.13. The SMILES string of the molecule is CCNc1nc(-c2ccc(Cl)cc2C)nc2ccccc12. The van der Waals surface area contributed by atoms with Gasteiger partial charge in [0.25, 0.3) is 0 Å². The van der Waals surface area contributed by atoms with Gasteiger partial charge in [-0.25, -0.2) is 9.97 Å². The van der Waals surface area contributed by atoms with E-state index in [1.165, 1.54) is 0 Å². The van der Waals surface area contributed by atoms with Crippen LogP contribution in [0.4, 0.5) is 5.82 Å². The van der Waals surface area contributed by atoms with Gasteiger partial charge in [0.05, 0.1) is 5.52 Å². The molecular weight excluding hydrogens is 282 g/mol. The largest absolute Gasteiger partial charge is 0.370 e. The lowest BCUT2D eigenvalue weighted by molar-refractivity contribution is 1.14. The van der Waals surface area contributed by atoms with Crippen LogP contribution in [0, 0.1) is 6.92 Å². The number of para-hydroxylation sites is 1. The van der Waals surface area contributed by atoms with Gasteiger partial charge in [-0.3, -0.25) is 0 Å². The highest BCUT2D eigenvalue weighted by Crippen LogP contribution is 2.28. The molecule has 4 heteroatoms. The summed E-state index contributed by atoms with van der Waals surface area (Å²) in [5.41, 5.74) is 3.01. The second kappa shape index (κ2) is 5.70. The van der Waals surface area contributed by atoms with E-state index in [2.05, 4.69) is 22.2 Å². The van der Waals surface area contributed by atoms with Crippen LogP contribution in [-0.4, -0.2) is 16.5 Å². The Bertz CT molecular complexity index is 799. The Morgan fingerprint density at radius 2 is 1.90 bits per heavy atom. The highest BCUT2D eigenvalue weighted by atomic mass is 35.5. The standard InChI is InChI=1S/C17H16ClN3/c1-3-19-16-14-6-4-5-7-15(14)20-17(21-16)13-9-8-12(18)10-11(13)2/h4-10H,3H2,1-2H3,(H,19,20,21). The highest BCUT2D eigenvalue weighted by molar-refractivity contribution is 6.30. The summed E-state index contributed by atoms with van der Waals surface area (Å²) in [4.78, 5) is 9.37. The van der Waals surface area contributed by atoms with Gasteiger partial charge in [-0.15, -0.1) is 0 Å². The number of hydrogen-bond donors (Lipinski definition) is 1. The molecule has 0 unspecified atom stereocenters. The fourth-order valence-electron chi connectivity index (χ4n) is 2.38. The minimum atomic E-state index is 0.721. The molecule has 106 valence electrons. The van der Waals surface area contributed by atoms with Crippen molar-refractivity contribution in [2.24, 2.45) is 0 Å². The number of halogens is 1. The molecule has 0 aliphatic carbocycles. The Kier molecular flexibility index (Phi) is 3.76. The van der Waals surface area contributed by atoms with Crippen LogP contribution in [0.25, 0.3) is 22.3 Å². The van der Waals surface area contributed by atoms with Crippen LogP contribution in [-0.2, 0) is 0 Å². The highest BCUT2D eigenvalue weighted by Gasteiger charge is 2.10. The number of nitrogens with one attached hydrogen (secondary N) is 1. The molecule has 0 spiro atoms. The first kappa shape index (κ1) is 13.8. The molecule has 3 rings (SSSR count). The van der Waals surface area contributed by atoms with Crippen molar-refractivity contribution in [1.29, 1.82) is 0 Å². The predicted molar refractivity (Wildman–Crippen MR) is 88.9 cm³/mol. The van der Waals surface area contributed by atoms with E-state index in [9.17, 15) is 0 Å². The van der Waals surface area contributed by atoms with Crippen molar-refractivity contribution >= 4 is 28.3 Å². The molecule has 0 bridgehead atoms. The number of aromatic nitrogens is 2. The molecule has 0 amide bonds. The van der Waals surface area contributed by atoms with E-state index in [4.69, 9.17) is 11.6 Å². The Labute approximate surface area is 129 Å². The van der Waals surface area contributed by atoms with Gasteiger partial charge >= 0.3 is 0 Å². The average molecular weight is 298 g/mol. The van der Waals surface area contributed by atoms with Gasteiger partial charge in [0.15, 0.2) is 5.82 Å². The number of hydrogen-bond acceptors (Lipinski definition) is 3. The lowest BCUT2D eigenvalue weighted by Crippen LogP contribution is -2.03. The zero-order valence-electron chi connectivity index (χ0n) is 12.0. The molecule has 1 aromatic heterocycles. The first-order valence-corrected chi connectivity index (χ1v) is 7.34. The van der Waals surface area contributed by atoms with Crippen molar-refractivity contribution in [3.8, 4) is 11.4 Å². The molecule has 0 saturated heterocycles. The quantitative estimate of drug-likeness (QED) is 0.762. The van der Waals surface area contributed by atoms with Crippen LogP contribution in [0.1, 0.15) is 12.5 Å². The Morgan fingerprint density at radius 3 is 2.67 bits per heavy atom. The van der Waals surface area contributed by atoms with Gasteiger partial charge in [-0.05, 0) is 49.7 Å². The first-order valence-electron chi connectivity index (χ1n) is 6.96. The van der Waals surface area contributed by atoms with Crippen molar-refractivity contribution in [2.75, 3.05) is 11.9 Å². The monoisotopic (exact) mass is 297 g/mol. The van der Waals surface area contributed by atoms with Gasteiger partial charge < -0.3 is 5.32 Å². The maximum absolute atomic E-state index is 6.03. The fraction of sp³-hybridized carbons (Fsp3) is 0.176. The first-order chi connectivity index (χ1) is 10.2. The van der Waals surface area contributed by atoms with Crippen LogP contribution < -0.4 is 5.32 Å². The molecule has 0 atom stereocenters. The van der Waals surface area contributed by atoms with Crippen molar-refractivity contribution in [2.45, 2.75) is 13.8 Å². The van der Waals surface area contributed by atoms with Crippen molar-refractivity contribution in [1.82, 2.24) is 9.97 Å². The summed E-state index contributed by atoms with van der Waals surface area (Å²) in [6.45, 7) is 4.90. The summed E-state index contributed by atoms with van der Waals surface area (Å²) in [5, 5.41) is 5.08. The molecule has 1 N–H and O–H groups in total. The van der Waals surface area contributed by atoms with Crippen LogP contribution >= 0.6 is 11.6 Å². The Balaban J connectivity index is 2.23. The number of anilines is 1. The molecule has 0 aliphatic heterocycles. The molecule has 2 aromatic carbocycles. The molecule has 3 nitrogen and oxygen atoms in total. The Morgan fingerprint density at radius 1 is 1.10 bits per heavy atom. The summed E-state index contributed by atoms with van der Waals surface area (Å²) in [6, 6.07) is 13.8. The predicted octanol–water partition coefficient (Wildman–Crippen LogP) is 4.69. The van der Waals surface area contributed by atoms with Gasteiger partial charge in [0.1, 0.15) is 5.82 Å². The molecule has 21 heavy (non-hydrogen) atoms. The molecule has 1 heterocycles. The summed E-state index contributed by atoms with van der Waals surface area (Å²) < 4.78 is 0. The minimum Gasteiger partial charge on any atom is -0.370 e. The van der Waals surface area contributed by atoms with E-state index < -0.39 is 0 Å². The van der Waals surface area contributed by atoms with E-state index in [1.54, 1.807) is 0 Å². The van der Waals surface area contributed by atoms with E-state index in [0.717, 1.165) is 45.2 Å². The summed E-state index contributed by atoms with van der Waals surface area (Å²) in [5.74, 6) is 1.59. The third-order valence-electron chi connectivity index (χ3n) is 3.38. The summed E-state index contributed by atoms with van der Waals surface area (Å²) in [7, 11) is 0. The summed E-state index contributed by atoms with van der Waals surface area (Å²) in [6.07, 6.45) is 0. The van der Waals surface area contributed by atoms with Gasteiger partial charge in [-0.1, -0.05) is 23.7 Å². The number of benzene rings is 2. The second-order valence-corrected chi connectivity index (χ2v) is 5.34. The molecular formula is C17H16ClN3. The van der Waals surface area contributed by atoms with Crippen molar-refractivity contribution < 1.29 is 0 Å². The maximum Gasteiger partial charge on any atom is 0.162 e. The maximum atomic E-state index is 6.03. The number of aryl methyl sites for hydroxylation is 1. The zero-order valence-corrected chi connectivity index (χ0v) is 12.8. The minimum absolute atomic E-state index is 0.721. The van der Waals surface area contributed by atoms with Gasteiger partial charge in [-0.2, -0.15) is 0 Å². The van der Waals surface area contributed by atoms with Crippen LogP contribution in [0.15, 0.2) is 42.5 Å². The third-order valence-corrected chi connectivity index (χ3v) is 3.61. The lowest BCUT2D eigenvalue weighted by atomic mass is 10.1. The molecule has 0 fully saturated rings. The number of fused-ring (bicyclic) bond motifs is 1. The third kappa shape index (κ3) is 2.69. The van der Waals surface area contributed by atoms with Crippen LogP contribution in [0.3, 0.4) is 0 Å². The van der Waals surface area contributed by atoms with Gasteiger partial charge in [0, 0.05) is 22.5 Å². The van der Waals surface area contributed by atoms with Gasteiger partial charge in [0.2, 0.25) is 0 Å². The smallest absolute Gasteiger partial charge is 0.162 e. The van der Waals surface area contributed by atoms with E-state index >= 15 is 0 Å². The number of nitrogens with zero attached hydrogens (tertiary/aromatic N) is 2. The molecule has 0 radical (unpaired) electrons. The van der Waals surface area contributed by atoms with Crippen LogP contribution in [0.5, 0.6) is 0 Å². The molecule has 3 aromatic rings. The number of rotatable bonds is 3. The molecule has 0 aliphatic rings. The van der Waals surface area contributed by atoms with Crippen LogP contribution in [0.2, 0.25) is 5.02 Å². The van der Waals surface area contributed by atoms with E-state index in [-0.39, 0.29) is 0 Å². The van der Waals surface area contributed by atoms with E-state index in [1.807, 2.05) is 49.4 Å². The van der Waals surface area contributed by atoms with Crippen molar-refractivity contribution in [3.63, 3.8) is 0 Å². The van der Waals surface area contributed by atoms with E-state index in [0.29, 0.717) is 0 Å². The topological polar surface area (TPSA) is 37.8 Å². The summed E-state index contributed by atoms with van der Waals surface area (Å²) >= 11 is 6.03. The fourth-order valence-corrected chi connectivity index (χ4v) is 2.60.